The minimum Gasteiger partial charge on any atom is -0.469 e. The van der Waals surface area contributed by atoms with Crippen molar-refractivity contribution in [1.29, 1.82) is 10.5 Å². The maximum Gasteiger partial charge on any atom is 0.395 e. The van der Waals surface area contributed by atoms with Crippen LogP contribution in [0.4, 0.5) is 13.2 Å². The molecule has 24 aliphatic heterocycles. The van der Waals surface area contributed by atoms with E-state index in [0.29, 0.717) is 6.42 Å². The Morgan fingerprint density at radius 3 is 1.39 bits per heavy atom. The van der Waals surface area contributed by atoms with Crippen LogP contribution < -0.4 is 0 Å². The van der Waals surface area contributed by atoms with Gasteiger partial charge in [0, 0.05) is 86.4 Å². The first-order valence-corrected chi connectivity index (χ1v) is 51.9. The van der Waals surface area contributed by atoms with E-state index in [4.69, 9.17) is 91.4 Å². The highest BCUT2D eigenvalue weighted by Gasteiger charge is 2.83. The molecule has 24 saturated heterocycles. The van der Waals surface area contributed by atoms with Crippen molar-refractivity contribution in [1.82, 2.24) is 0 Å². The van der Waals surface area contributed by atoms with Gasteiger partial charge in [-0.25, -0.2) is 0 Å². The molecule has 124 heavy (non-hydrogen) atoms. The number of nitrogens with zero attached hydrogens (tertiary/aromatic N) is 2. The van der Waals surface area contributed by atoms with Crippen LogP contribution in [0.3, 0.4) is 0 Å². The minimum absolute atomic E-state index is 0.0000520. The number of ether oxygens (including phenoxy) is 12. The van der Waals surface area contributed by atoms with E-state index >= 15 is 0 Å². The minimum atomic E-state index is -4.57. The molecule has 696 valence electrons. The van der Waals surface area contributed by atoms with Gasteiger partial charge in [0.1, 0.15) is 159 Å². The molecular formula is C71H93F3N2O40S8. The van der Waals surface area contributed by atoms with Gasteiger partial charge in [-0.15, -0.1) is 0 Å². The molecule has 16 bridgehead atoms. The van der Waals surface area contributed by atoms with E-state index in [1.807, 2.05) is 60.6 Å². The molecule has 0 aromatic carbocycles. The van der Waals surface area contributed by atoms with Crippen molar-refractivity contribution in [3.05, 3.63) is 0 Å². The van der Waals surface area contributed by atoms with E-state index in [0.717, 1.165) is 0 Å². The van der Waals surface area contributed by atoms with Crippen LogP contribution in [0.15, 0.2) is 0 Å². The van der Waals surface area contributed by atoms with Crippen LogP contribution in [-0.4, -0.2) is 311 Å². The number of hydrogen-bond acceptors (Lipinski definition) is 42. The molecule has 24 aliphatic rings. The third-order valence-corrected chi connectivity index (χ3v) is 45.1. The lowest BCUT2D eigenvalue weighted by atomic mass is 9.73. The van der Waals surface area contributed by atoms with Crippen molar-refractivity contribution in [2.75, 3.05) is 27.4 Å². The summed E-state index contributed by atoms with van der Waals surface area (Å²) >= 11 is 0. The van der Waals surface area contributed by atoms with Crippen LogP contribution in [0.1, 0.15) is 109 Å². The number of nitriles is 2. The number of rotatable bonds is 6. The number of esters is 4. The molecule has 0 amide bonds. The molecule has 44 atom stereocenters. The van der Waals surface area contributed by atoms with Crippen molar-refractivity contribution in [2.45, 2.75) is 301 Å². The van der Waals surface area contributed by atoms with Crippen LogP contribution in [-0.2, 0) is 190 Å². The van der Waals surface area contributed by atoms with Crippen molar-refractivity contribution < 1.29 is 190 Å². The van der Waals surface area contributed by atoms with Gasteiger partial charge in [-0.2, -0.15) is 91.0 Å². The molecule has 24 rings (SSSR count). The second kappa shape index (κ2) is 29.3. The molecular weight excluding hydrogens is 1830 g/mol. The van der Waals surface area contributed by atoms with Crippen molar-refractivity contribution >= 4 is 105 Å². The van der Waals surface area contributed by atoms with E-state index in [1.165, 1.54) is 35.0 Å². The van der Waals surface area contributed by atoms with Crippen molar-refractivity contribution in [3.8, 4) is 12.1 Å². The number of carbonyl (C=O) groups excluding carboxylic acids is 4. The lowest BCUT2D eigenvalue weighted by molar-refractivity contribution is -0.189. The van der Waals surface area contributed by atoms with E-state index < -0.39 is 260 Å². The molecule has 0 aromatic heterocycles. The lowest BCUT2D eigenvalue weighted by Gasteiger charge is -2.31. The van der Waals surface area contributed by atoms with Crippen LogP contribution in [0.5, 0.6) is 0 Å². The second-order valence-corrected chi connectivity index (χ2v) is 51.1. The van der Waals surface area contributed by atoms with Gasteiger partial charge in [-0.05, 0) is 13.3 Å². The quantitative estimate of drug-likeness (QED) is 0.175. The molecule has 0 aliphatic carbocycles. The summed E-state index contributed by atoms with van der Waals surface area (Å²) in [5.74, 6) is -5.89. The normalized spacial score (nSPS) is 54.0. The molecule has 0 saturated carbocycles. The van der Waals surface area contributed by atoms with Gasteiger partial charge in [-0.1, -0.05) is 62.3 Å². The van der Waals surface area contributed by atoms with Crippen LogP contribution >= 0.6 is 0 Å². The van der Waals surface area contributed by atoms with Gasteiger partial charge in [0.25, 0.3) is 80.9 Å². The summed E-state index contributed by atoms with van der Waals surface area (Å²) in [5.41, 5.74) is -2.14. The Kier molecular flexibility index (Phi) is 21.6. The average molecular weight is 1930 g/mol. The van der Waals surface area contributed by atoms with Crippen LogP contribution in [0.2, 0.25) is 0 Å². The first kappa shape index (κ1) is 91.5. The summed E-state index contributed by atoms with van der Waals surface area (Å²) < 4.78 is 326. The van der Waals surface area contributed by atoms with E-state index in [2.05, 4.69) is 9.47 Å². The molecule has 53 heteroatoms. The molecule has 0 N–H and O–H groups in total. The first-order chi connectivity index (χ1) is 57.3. The fraction of sp³-hybridized carbons (Fsp3) is 0.915. The Morgan fingerprint density at radius 2 is 0.863 bits per heavy atom. The van der Waals surface area contributed by atoms with Gasteiger partial charge >= 0.3 is 30.1 Å². The average Bonchev–Trinajstić information content (AvgIpc) is 1.40. The molecule has 44 unspecified atom stereocenters. The number of alkyl halides is 3. The zero-order valence-corrected chi connectivity index (χ0v) is 74.9. The topological polar surface area (TPSA) is 574 Å². The van der Waals surface area contributed by atoms with E-state index in [1.54, 1.807) is 13.8 Å². The summed E-state index contributed by atoms with van der Waals surface area (Å²) in [6.45, 7) is 20.8. The van der Waals surface area contributed by atoms with Crippen LogP contribution in [0, 0.1) is 93.7 Å². The highest BCUT2D eigenvalue weighted by atomic mass is 32.3. The number of methoxy groups -OCH3 is 2. The predicted octanol–water partition coefficient (Wildman–Crippen LogP) is -0.997. The van der Waals surface area contributed by atoms with Gasteiger partial charge in [0.05, 0.1) is 75.0 Å². The predicted molar refractivity (Wildman–Crippen MR) is 396 cm³/mol. The molecule has 24 fully saturated rings. The zero-order valence-electron chi connectivity index (χ0n) is 68.4. The number of carbonyl (C=O) groups is 4. The van der Waals surface area contributed by atoms with Gasteiger partial charge < -0.3 is 56.8 Å². The molecule has 24 heterocycles. The fourth-order valence-corrected chi connectivity index (χ4v) is 38.9. The van der Waals surface area contributed by atoms with Gasteiger partial charge in [-0.3, -0.25) is 52.6 Å². The Balaban J connectivity index is 0.000000101. The highest BCUT2D eigenvalue weighted by Crippen LogP contribution is 2.65. The number of fused-ring (bicyclic) bond motifs is 8. The van der Waals surface area contributed by atoms with Crippen molar-refractivity contribution in [3.63, 3.8) is 0 Å². The maximum atomic E-state index is 12.8. The van der Waals surface area contributed by atoms with Gasteiger partial charge in [0.2, 0.25) is 9.49 Å². The Hall–Kier alpha value is -4.39. The molecule has 0 aromatic rings. The standard InChI is InChI=1S/C13H18O8S.2C9H12O6S.C8H9F3O4S.2C8H9NO4S.2C8H12O4S/c1-7-11-13(6-19-9(3)15)10(22(16,17)20-11)4-12(7,21-13)5-18-8(2)14;1-4-5-3-9(8(10)13-2)7(14-5)6(4)15-16(9,11)12;1-3-5-4(9(10)13-2)8-7(14-5)6(3)15-16(8,11)12;1-2-4-3(8(9,10)11)7-6(14-4)5(2)15-16(7,12)13;1-4-5-2-8(3-9)7(12-5)6(4)13-14(8,10)11;1-3-5-4(2-9)8-7(12-5)6(3)13-14(8,10)11;1-4-5-3-8(2)7(11-5)6(4)12-13(8,9)10;1-3-5-4(2)8-7(11-5)6(3)12-13(8,9)10/h7,10-11H,4-6H2,1-3H3;4-7H,3H2,1-2H3;3-8H,1-2H3;2-7H,1H3;4-7H,2H2,1H3;3-8H,1H3;4-7H,3H2,1-2H3;3-8H,1-2H3. The molecule has 42 nitrogen and oxygen atoms in total. The summed E-state index contributed by atoms with van der Waals surface area (Å²) in [4.78, 5) is 45.5. The zero-order chi connectivity index (χ0) is 90.6. The van der Waals surface area contributed by atoms with E-state index in [9.17, 15) is 99.7 Å². The maximum absolute atomic E-state index is 12.8. The summed E-state index contributed by atoms with van der Waals surface area (Å²) in [5, 5.41) is 13.4. The largest absolute Gasteiger partial charge is 0.469 e. The summed E-state index contributed by atoms with van der Waals surface area (Å²) in [6, 6.07) is 3.90. The third kappa shape index (κ3) is 12.6. The Labute approximate surface area is 712 Å². The Morgan fingerprint density at radius 1 is 0.419 bits per heavy atom. The summed E-state index contributed by atoms with van der Waals surface area (Å²) in [7, 11) is -27.2. The van der Waals surface area contributed by atoms with E-state index in [-0.39, 0.29) is 141 Å². The molecule has 0 radical (unpaired) electrons. The summed E-state index contributed by atoms with van der Waals surface area (Å²) in [6.07, 6.45) is -12.6. The number of halogens is 3. The number of hydrogen-bond donors (Lipinski definition) is 0. The third-order valence-electron chi connectivity index (χ3n) is 30.5. The smallest absolute Gasteiger partial charge is 0.395 e. The SMILES string of the molecule is CC(=O)OCC12CC3C(COC(C)=O)(O1)C(OS3(=O)=O)C2C.CC1C2CC3(C#N)C(O2)C1OS3(=O)=O.CC1C2CC3(C)C(O2)C1OS3(=O)=O.CC1C2OC3C1OS(=O)(=O)C3C2C.CC1C2OC3C1OS(=O)(=O)C3C2C#N.CC1C2OS(=O)(=O)C3C2OC1C3C(F)(F)F.COC(=O)C12CC3OC1C(OS2(=O)=O)C3C.COC(=O)C1C2OC3C(OS(=O)(=O)C31)C2C. The van der Waals surface area contributed by atoms with Gasteiger partial charge in [0.15, 0.2) is 0 Å². The highest BCUT2D eigenvalue weighted by molar-refractivity contribution is 7.90. The Bertz CT molecular complexity index is 5550. The van der Waals surface area contributed by atoms with Crippen molar-refractivity contribution in [2.24, 2.45) is 71.0 Å². The molecule has 0 spiro atoms. The fourth-order valence-electron chi connectivity index (χ4n) is 24.1. The monoisotopic (exact) mass is 1930 g/mol. The van der Waals surface area contributed by atoms with Crippen LogP contribution in [0.25, 0.3) is 0 Å². The lowest BCUT2D eigenvalue weighted by Crippen LogP contribution is -2.52. The second-order valence-electron chi connectivity index (χ2n) is 36.8. The first-order valence-electron chi connectivity index (χ1n) is 40.3.